The molecule has 0 saturated carbocycles. The van der Waals surface area contributed by atoms with Crippen LogP contribution in [-0.2, 0) is 11.2 Å². The number of rotatable bonds is 6. The van der Waals surface area contributed by atoms with Gasteiger partial charge in [0, 0.05) is 44.8 Å². The van der Waals surface area contributed by atoms with Crippen LogP contribution in [-0.4, -0.2) is 55.5 Å². The lowest BCUT2D eigenvalue weighted by atomic mass is 10.0. The van der Waals surface area contributed by atoms with E-state index >= 15 is 0 Å². The summed E-state index contributed by atoms with van der Waals surface area (Å²) in [6, 6.07) is 8.34. The van der Waals surface area contributed by atoms with Gasteiger partial charge in [0.25, 0.3) is 0 Å². The van der Waals surface area contributed by atoms with E-state index in [1.54, 1.807) is 0 Å². The van der Waals surface area contributed by atoms with Crippen molar-refractivity contribution in [2.24, 2.45) is 5.92 Å². The molecule has 1 fully saturated rings. The summed E-state index contributed by atoms with van der Waals surface area (Å²) in [5, 5.41) is 3.02. The smallest absolute Gasteiger partial charge is 0.224 e. The Morgan fingerprint density at radius 3 is 2.58 bits per heavy atom. The first-order valence-corrected chi connectivity index (χ1v) is 9.15. The Balaban J connectivity index is 1.41. The molecule has 1 saturated heterocycles. The Morgan fingerprint density at radius 1 is 1.17 bits per heavy atom. The van der Waals surface area contributed by atoms with Crippen LogP contribution in [0.15, 0.2) is 36.4 Å². The monoisotopic (exact) mass is 327 g/mol. The lowest BCUT2D eigenvalue weighted by Crippen LogP contribution is -2.45. The van der Waals surface area contributed by atoms with E-state index in [0.717, 1.165) is 31.5 Å². The molecule has 0 aromatic heterocycles. The lowest BCUT2D eigenvalue weighted by molar-refractivity contribution is -0.116. The van der Waals surface area contributed by atoms with Gasteiger partial charge in [-0.1, -0.05) is 24.3 Å². The molecule has 0 unspecified atom stereocenters. The maximum atomic E-state index is 12.1. The second-order valence-corrected chi connectivity index (χ2v) is 7.11. The van der Waals surface area contributed by atoms with E-state index in [2.05, 4.69) is 46.4 Å². The van der Waals surface area contributed by atoms with Crippen molar-refractivity contribution in [3.63, 3.8) is 0 Å². The molecule has 1 aromatic rings. The second kappa shape index (κ2) is 8.45. The van der Waals surface area contributed by atoms with Crippen LogP contribution >= 0.6 is 0 Å². The van der Waals surface area contributed by atoms with Gasteiger partial charge in [0.2, 0.25) is 5.91 Å². The zero-order chi connectivity index (χ0) is 16.8. The number of nitrogens with zero attached hydrogens (tertiary/aromatic N) is 2. The molecule has 2 aliphatic rings. The molecule has 24 heavy (non-hydrogen) atoms. The van der Waals surface area contributed by atoms with E-state index in [4.69, 9.17) is 0 Å². The summed E-state index contributed by atoms with van der Waals surface area (Å²) in [7, 11) is 2.19. The van der Waals surface area contributed by atoms with Gasteiger partial charge in [0.1, 0.15) is 0 Å². The molecule has 1 aromatic carbocycles. The molecule has 0 spiro atoms. The summed E-state index contributed by atoms with van der Waals surface area (Å²) in [5.41, 5.74) is 2.25. The van der Waals surface area contributed by atoms with Crippen LogP contribution in [0.2, 0.25) is 0 Å². The van der Waals surface area contributed by atoms with Crippen LogP contribution < -0.4 is 5.32 Å². The van der Waals surface area contributed by atoms with Gasteiger partial charge in [-0.25, -0.2) is 0 Å². The van der Waals surface area contributed by atoms with E-state index < -0.39 is 0 Å². The number of hydrogen-bond acceptors (Lipinski definition) is 3. The predicted molar refractivity (Wildman–Crippen MR) is 99.2 cm³/mol. The topological polar surface area (TPSA) is 35.6 Å². The van der Waals surface area contributed by atoms with Crippen LogP contribution in [0.25, 0.3) is 0 Å². The van der Waals surface area contributed by atoms with Crippen LogP contribution in [0.3, 0.4) is 0 Å². The summed E-state index contributed by atoms with van der Waals surface area (Å²) >= 11 is 0. The van der Waals surface area contributed by atoms with Gasteiger partial charge < -0.3 is 15.1 Å². The molecule has 1 amide bonds. The van der Waals surface area contributed by atoms with Crippen molar-refractivity contribution < 1.29 is 4.79 Å². The Morgan fingerprint density at radius 2 is 1.92 bits per heavy atom. The molecule has 0 radical (unpaired) electrons. The van der Waals surface area contributed by atoms with Gasteiger partial charge in [-0.15, -0.1) is 0 Å². The van der Waals surface area contributed by atoms with Gasteiger partial charge in [-0.2, -0.15) is 0 Å². The van der Waals surface area contributed by atoms with Gasteiger partial charge in [-0.05, 0) is 49.9 Å². The van der Waals surface area contributed by atoms with Crippen LogP contribution in [0, 0.1) is 5.92 Å². The molecular weight excluding hydrogens is 298 g/mol. The third-order valence-electron chi connectivity index (χ3n) is 5.11. The quantitative estimate of drug-likeness (QED) is 0.816. The minimum atomic E-state index is 0.122. The molecule has 130 valence electrons. The number of amides is 1. The maximum Gasteiger partial charge on any atom is 0.224 e. The fourth-order valence-corrected chi connectivity index (χ4v) is 3.43. The highest BCUT2D eigenvalue weighted by atomic mass is 16.1. The summed E-state index contributed by atoms with van der Waals surface area (Å²) in [4.78, 5) is 17.0. The Kier molecular flexibility index (Phi) is 6.05. The van der Waals surface area contributed by atoms with Crippen molar-refractivity contribution in [1.29, 1.82) is 0 Å². The molecular formula is C20H29N3O. The van der Waals surface area contributed by atoms with Crippen molar-refractivity contribution in [2.45, 2.75) is 25.7 Å². The minimum Gasteiger partial charge on any atom is -0.326 e. The summed E-state index contributed by atoms with van der Waals surface area (Å²) in [6.45, 7) is 5.79. The standard InChI is InChI=1S/C20H29N3O/c1-22-12-14-23(15-13-22)11-10-17-6-8-19(9-7-17)21-20(24)16-18-4-2-3-5-18/h2,4,6-9,18H,3,5,10-16H2,1H3,(H,21,24)/t18-/m1/s1. The third-order valence-corrected chi connectivity index (χ3v) is 5.11. The SMILES string of the molecule is CN1CCN(CCc2ccc(NC(=O)C[C@@H]3C=CCC3)cc2)CC1. The first kappa shape index (κ1) is 17.2. The number of nitrogens with one attached hydrogen (secondary N) is 1. The van der Waals surface area contributed by atoms with Crippen molar-refractivity contribution in [3.8, 4) is 0 Å². The fraction of sp³-hybridized carbons (Fsp3) is 0.550. The van der Waals surface area contributed by atoms with Gasteiger partial charge in [0.15, 0.2) is 0 Å². The number of anilines is 1. The highest BCUT2D eigenvalue weighted by Crippen LogP contribution is 2.21. The van der Waals surface area contributed by atoms with Gasteiger partial charge in [0.05, 0.1) is 0 Å². The normalized spacial score (nSPS) is 22.0. The molecule has 0 bridgehead atoms. The average Bonchev–Trinajstić information content (AvgIpc) is 3.08. The molecule has 3 rings (SSSR count). The highest BCUT2D eigenvalue weighted by molar-refractivity contribution is 5.91. The number of piperazine rings is 1. The number of allylic oxidation sites excluding steroid dienone is 2. The van der Waals surface area contributed by atoms with E-state index in [9.17, 15) is 4.79 Å². The molecule has 4 nitrogen and oxygen atoms in total. The predicted octanol–water partition coefficient (Wildman–Crippen LogP) is 2.77. The van der Waals surface area contributed by atoms with Crippen molar-refractivity contribution in [3.05, 3.63) is 42.0 Å². The number of carbonyl (C=O) groups is 1. The Labute approximate surface area is 145 Å². The van der Waals surface area contributed by atoms with Gasteiger partial charge in [-0.3, -0.25) is 4.79 Å². The van der Waals surface area contributed by atoms with E-state index in [1.165, 1.54) is 31.7 Å². The molecule has 1 aliphatic heterocycles. The van der Waals surface area contributed by atoms with Crippen LogP contribution in [0.4, 0.5) is 5.69 Å². The second-order valence-electron chi connectivity index (χ2n) is 7.11. The zero-order valence-corrected chi connectivity index (χ0v) is 14.7. The number of benzene rings is 1. The third kappa shape index (κ3) is 5.18. The Bertz CT molecular complexity index is 559. The van der Waals surface area contributed by atoms with Crippen LogP contribution in [0.5, 0.6) is 0 Å². The number of hydrogen-bond donors (Lipinski definition) is 1. The summed E-state index contributed by atoms with van der Waals surface area (Å²) in [6.07, 6.45) is 8.24. The van der Waals surface area contributed by atoms with Crippen molar-refractivity contribution in [1.82, 2.24) is 9.80 Å². The largest absolute Gasteiger partial charge is 0.326 e. The number of carbonyl (C=O) groups excluding carboxylic acids is 1. The molecule has 4 heteroatoms. The lowest BCUT2D eigenvalue weighted by Gasteiger charge is -2.32. The van der Waals surface area contributed by atoms with Crippen molar-refractivity contribution in [2.75, 3.05) is 45.1 Å². The minimum absolute atomic E-state index is 0.122. The highest BCUT2D eigenvalue weighted by Gasteiger charge is 2.15. The summed E-state index contributed by atoms with van der Waals surface area (Å²) in [5.74, 6) is 0.546. The number of likely N-dealkylation sites (N-methyl/N-ethyl adjacent to an activating group) is 1. The Hall–Kier alpha value is -1.65. The van der Waals surface area contributed by atoms with E-state index in [0.29, 0.717) is 12.3 Å². The molecule has 1 heterocycles. The molecule has 1 atom stereocenters. The maximum absolute atomic E-state index is 12.1. The van der Waals surface area contributed by atoms with E-state index in [1.807, 2.05) is 12.1 Å². The molecule has 1 aliphatic carbocycles. The first-order chi connectivity index (χ1) is 11.7. The van der Waals surface area contributed by atoms with Gasteiger partial charge >= 0.3 is 0 Å². The molecule has 1 N–H and O–H groups in total. The van der Waals surface area contributed by atoms with Crippen molar-refractivity contribution >= 4 is 11.6 Å². The summed E-state index contributed by atoms with van der Waals surface area (Å²) < 4.78 is 0. The fourth-order valence-electron chi connectivity index (χ4n) is 3.43. The van der Waals surface area contributed by atoms with E-state index in [-0.39, 0.29) is 5.91 Å². The zero-order valence-electron chi connectivity index (χ0n) is 14.7. The first-order valence-electron chi connectivity index (χ1n) is 9.15. The van der Waals surface area contributed by atoms with Crippen LogP contribution in [0.1, 0.15) is 24.8 Å². The average molecular weight is 327 g/mol.